The molecule has 0 aliphatic rings. The fraction of sp³-hybridized carbons (Fsp3) is 0.711. The molecule has 0 unspecified atom stereocenters. The van der Waals surface area contributed by atoms with Gasteiger partial charge in [-0.2, -0.15) is 0 Å². The number of nitrogens with one attached hydrogen (secondary N) is 2. The van der Waals surface area contributed by atoms with Crippen LogP contribution in [0, 0.1) is 6.92 Å². The molecule has 10 heteroatoms. The predicted octanol–water partition coefficient (Wildman–Crippen LogP) is 7.75. The molecule has 2 amide bonds. The van der Waals surface area contributed by atoms with Gasteiger partial charge < -0.3 is 15.2 Å². The maximum atomic E-state index is 12.1. The lowest BCUT2D eigenvalue weighted by Gasteiger charge is -2.05. The highest BCUT2D eigenvalue weighted by Gasteiger charge is 2.07. The number of aryl methyl sites for hydroxylation is 1. The molecule has 0 fully saturated rings. The van der Waals surface area contributed by atoms with Crippen LogP contribution in [0.15, 0.2) is 47.9 Å². The van der Waals surface area contributed by atoms with Crippen LogP contribution in [0.25, 0.3) is 0 Å². The van der Waals surface area contributed by atoms with Crippen LogP contribution >= 0.6 is 0 Å². The standard InChI is InChI=1S/C31H58N4O2.C7H8O3S/c1-3-5-7-9-11-13-15-17-19-21-30(36)32-23-25-34-27-28-35(29-34)26-24-33-31(37)22-20-18-16-14-12-10-8-6-4-2;1-6-2-4-7(5-3-6)11(8,9)10/h27-29H,3-26H2,1-2H3,(H-,32,33,36,37);2-5H,1H3,(H,8,9,10). The van der Waals surface area contributed by atoms with E-state index < -0.39 is 10.1 Å². The summed E-state index contributed by atoms with van der Waals surface area (Å²) in [6.07, 6.45) is 30.3. The van der Waals surface area contributed by atoms with Crippen LogP contribution in [-0.4, -0.2) is 42.4 Å². The molecule has 0 spiro atoms. The molecule has 0 saturated heterocycles. The average Bonchev–Trinajstić information content (AvgIpc) is 3.50. The number of rotatable bonds is 27. The summed E-state index contributed by atoms with van der Waals surface area (Å²) in [6.45, 7) is 9.16. The maximum Gasteiger partial charge on any atom is 0.243 e. The van der Waals surface area contributed by atoms with Gasteiger partial charge >= 0.3 is 0 Å². The second kappa shape index (κ2) is 28.2. The van der Waals surface area contributed by atoms with Crippen molar-refractivity contribution in [2.75, 3.05) is 13.1 Å². The quantitative estimate of drug-likeness (QED) is 0.0564. The van der Waals surface area contributed by atoms with E-state index in [0.29, 0.717) is 25.9 Å². The van der Waals surface area contributed by atoms with E-state index in [4.69, 9.17) is 0 Å². The number of hydrogen-bond donors (Lipinski definition) is 2. The van der Waals surface area contributed by atoms with Crippen LogP contribution in [0.3, 0.4) is 0 Å². The molecule has 48 heavy (non-hydrogen) atoms. The SMILES string of the molecule is CCCCCCCCCCCC(=O)NCCn1cc[n+](CCNC(=O)CCCCCCCCCCC)c1.Cc1ccc(S(=O)(=O)[O-])cc1. The first-order valence-corrected chi connectivity index (χ1v) is 20.2. The van der Waals surface area contributed by atoms with E-state index in [0.717, 1.165) is 44.3 Å². The summed E-state index contributed by atoms with van der Waals surface area (Å²) in [5.41, 5.74) is 0.928. The predicted molar refractivity (Wildman–Crippen MR) is 193 cm³/mol. The third kappa shape index (κ3) is 24.4. The van der Waals surface area contributed by atoms with Crippen molar-refractivity contribution in [3.63, 3.8) is 0 Å². The molecular formula is C38H66N4O5S. The Morgan fingerprint density at radius 1 is 0.688 bits per heavy atom. The highest BCUT2D eigenvalue weighted by molar-refractivity contribution is 7.85. The summed E-state index contributed by atoms with van der Waals surface area (Å²) in [6, 6.07) is 5.78. The summed E-state index contributed by atoms with van der Waals surface area (Å²) in [5.74, 6) is 0.329. The summed E-state index contributed by atoms with van der Waals surface area (Å²) < 4.78 is 35.3. The third-order valence-electron chi connectivity index (χ3n) is 8.46. The summed E-state index contributed by atoms with van der Waals surface area (Å²) in [5, 5.41) is 6.08. The van der Waals surface area contributed by atoms with E-state index in [1.54, 1.807) is 12.1 Å². The normalized spacial score (nSPS) is 11.2. The minimum Gasteiger partial charge on any atom is -0.744 e. The van der Waals surface area contributed by atoms with E-state index >= 15 is 0 Å². The first-order valence-electron chi connectivity index (χ1n) is 18.8. The van der Waals surface area contributed by atoms with E-state index in [1.165, 1.54) is 102 Å². The summed E-state index contributed by atoms with van der Waals surface area (Å²) in [4.78, 5) is 23.9. The molecule has 0 aliphatic heterocycles. The summed E-state index contributed by atoms with van der Waals surface area (Å²) >= 11 is 0. The van der Waals surface area contributed by atoms with Gasteiger partial charge in [-0.15, -0.1) is 0 Å². The van der Waals surface area contributed by atoms with Gasteiger partial charge in [-0.3, -0.25) is 9.59 Å². The van der Waals surface area contributed by atoms with Crippen LogP contribution < -0.4 is 15.2 Å². The molecule has 1 aromatic heterocycles. The minimum atomic E-state index is -4.27. The van der Waals surface area contributed by atoms with Crippen LogP contribution in [0.1, 0.15) is 148 Å². The van der Waals surface area contributed by atoms with Gasteiger partial charge in [-0.1, -0.05) is 134 Å². The Kier molecular flexibility index (Phi) is 25.4. The molecule has 0 bridgehead atoms. The highest BCUT2D eigenvalue weighted by Crippen LogP contribution is 2.12. The molecular weight excluding hydrogens is 625 g/mol. The van der Waals surface area contributed by atoms with Crippen molar-refractivity contribution in [2.24, 2.45) is 0 Å². The van der Waals surface area contributed by atoms with E-state index in [1.807, 2.05) is 25.6 Å². The van der Waals surface area contributed by atoms with Gasteiger partial charge in [0.1, 0.15) is 35.6 Å². The van der Waals surface area contributed by atoms with E-state index in [9.17, 15) is 22.6 Å². The first kappa shape index (κ1) is 43.3. The zero-order valence-electron chi connectivity index (χ0n) is 30.4. The number of carbonyl (C=O) groups excluding carboxylic acids is 2. The number of carbonyl (C=O) groups is 2. The van der Waals surface area contributed by atoms with Gasteiger partial charge in [-0.05, 0) is 31.9 Å². The molecule has 0 saturated carbocycles. The second-order valence-corrected chi connectivity index (χ2v) is 14.4. The third-order valence-corrected chi connectivity index (χ3v) is 9.30. The average molecular weight is 691 g/mol. The smallest absolute Gasteiger partial charge is 0.243 e. The van der Waals surface area contributed by atoms with E-state index in [2.05, 4.69) is 33.6 Å². The van der Waals surface area contributed by atoms with Gasteiger partial charge in [0.25, 0.3) is 0 Å². The largest absolute Gasteiger partial charge is 0.744 e. The maximum absolute atomic E-state index is 12.1. The lowest BCUT2D eigenvalue weighted by Crippen LogP contribution is -2.39. The van der Waals surface area contributed by atoms with E-state index in [-0.39, 0.29) is 16.7 Å². The number of amides is 2. The lowest BCUT2D eigenvalue weighted by molar-refractivity contribution is -0.694. The molecule has 0 atom stereocenters. The van der Waals surface area contributed by atoms with Crippen LogP contribution in [0.5, 0.6) is 0 Å². The number of benzene rings is 1. The van der Waals surface area contributed by atoms with Crippen molar-refractivity contribution in [1.29, 1.82) is 0 Å². The zero-order valence-corrected chi connectivity index (χ0v) is 31.2. The Morgan fingerprint density at radius 2 is 1.12 bits per heavy atom. The molecule has 0 aliphatic carbocycles. The highest BCUT2D eigenvalue weighted by atomic mass is 32.2. The Hall–Kier alpha value is -2.72. The number of nitrogens with zero attached hydrogens (tertiary/aromatic N) is 2. The number of hydrogen-bond acceptors (Lipinski definition) is 5. The van der Waals surface area contributed by atoms with Gasteiger partial charge in [0.05, 0.1) is 18.0 Å². The van der Waals surface area contributed by atoms with Crippen LogP contribution in [-0.2, 0) is 32.8 Å². The Balaban J connectivity index is 0.000000879. The number of unbranched alkanes of at least 4 members (excludes halogenated alkanes) is 16. The van der Waals surface area contributed by atoms with Gasteiger partial charge in [0, 0.05) is 12.8 Å². The lowest BCUT2D eigenvalue weighted by atomic mass is 10.1. The van der Waals surface area contributed by atoms with Gasteiger partial charge in [-0.25, -0.2) is 17.6 Å². The molecule has 0 radical (unpaired) electrons. The fourth-order valence-corrected chi connectivity index (χ4v) is 5.90. The number of imidazole rings is 1. The molecule has 274 valence electrons. The molecule has 2 rings (SSSR count). The van der Waals surface area contributed by atoms with Gasteiger partial charge in [0.15, 0.2) is 0 Å². The topological polar surface area (TPSA) is 124 Å². The van der Waals surface area contributed by atoms with Crippen LogP contribution in [0.4, 0.5) is 0 Å². The minimum absolute atomic E-state index is 0.165. The molecule has 1 heterocycles. The van der Waals surface area contributed by atoms with Crippen molar-refractivity contribution in [1.82, 2.24) is 15.2 Å². The van der Waals surface area contributed by atoms with Crippen molar-refractivity contribution in [3.05, 3.63) is 48.5 Å². The molecule has 1 aromatic carbocycles. The molecule has 9 nitrogen and oxygen atoms in total. The number of aromatic nitrogens is 2. The molecule has 2 aromatic rings. The van der Waals surface area contributed by atoms with Crippen molar-refractivity contribution in [3.8, 4) is 0 Å². The first-order chi connectivity index (χ1) is 23.2. The Bertz CT molecular complexity index is 1140. The van der Waals surface area contributed by atoms with Gasteiger partial charge in [0.2, 0.25) is 18.1 Å². The zero-order chi connectivity index (χ0) is 35.3. The summed E-state index contributed by atoms with van der Waals surface area (Å²) in [7, 11) is -4.27. The fourth-order valence-electron chi connectivity index (χ4n) is 5.43. The van der Waals surface area contributed by atoms with Crippen molar-refractivity contribution < 1.29 is 27.1 Å². The second-order valence-electron chi connectivity index (χ2n) is 13.0. The van der Waals surface area contributed by atoms with Crippen molar-refractivity contribution in [2.45, 2.75) is 167 Å². The Morgan fingerprint density at radius 3 is 1.58 bits per heavy atom. The monoisotopic (exact) mass is 690 g/mol. The Labute approximate surface area is 292 Å². The molecule has 2 N–H and O–H groups in total. The van der Waals surface area contributed by atoms with Crippen molar-refractivity contribution >= 4 is 21.9 Å². The van der Waals surface area contributed by atoms with Crippen LogP contribution in [0.2, 0.25) is 0 Å².